The van der Waals surface area contributed by atoms with E-state index in [0.29, 0.717) is 11.4 Å². The number of benzene rings is 1. The summed E-state index contributed by atoms with van der Waals surface area (Å²) in [6, 6.07) is 5.60. The highest BCUT2D eigenvalue weighted by Gasteiger charge is 2.51. The fraction of sp³-hybridized carbons (Fsp3) is 0.579. The van der Waals surface area contributed by atoms with Gasteiger partial charge >= 0.3 is 15.2 Å². The molecular formula is C19H30N4O9P2. The molecule has 1 aromatic heterocycles. The highest BCUT2D eigenvalue weighted by molar-refractivity contribution is 7.72. The van der Waals surface area contributed by atoms with Gasteiger partial charge in [-0.2, -0.15) is 0 Å². The van der Waals surface area contributed by atoms with Crippen LogP contribution in [0, 0.1) is 10.1 Å². The van der Waals surface area contributed by atoms with Crippen molar-refractivity contribution in [1.29, 1.82) is 0 Å². The molecule has 1 heterocycles. The fourth-order valence-corrected chi connectivity index (χ4v) is 8.19. The molecule has 0 N–H and O–H groups in total. The highest BCUT2D eigenvalue weighted by atomic mass is 31.2. The van der Waals surface area contributed by atoms with Crippen LogP contribution in [0.3, 0.4) is 0 Å². The molecule has 0 radical (unpaired) electrons. The molecule has 0 unspecified atom stereocenters. The molecule has 0 aliphatic carbocycles. The minimum atomic E-state index is -3.93. The average molecular weight is 520 g/mol. The van der Waals surface area contributed by atoms with Gasteiger partial charge in [-0.1, -0.05) is 5.21 Å². The summed E-state index contributed by atoms with van der Waals surface area (Å²) in [6.07, 6.45) is 1.53. The largest absolute Gasteiger partial charge is 0.487 e. The van der Waals surface area contributed by atoms with Crippen LogP contribution < -0.4 is 4.74 Å². The molecule has 0 bridgehead atoms. The molecule has 0 fully saturated rings. The Labute approximate surface area is 197 Å². The predicted octanol–water partition coefficient (Wildman–Crippen LogP) is 4.62. The zero-order valence-corrected chi connectivity index (χ0v) is 21.4. The van der Waals surface area contributed by atoms with Crippen molar-refractivity contribution in [3.8, 4) is 5.75 Å². The maximum atomic E-state index is 13.6. The lowest BCUT2D eigenvalue weighted by Gasteiger charge is -2.31. The topological polar surface area (TPSA) is 154 Å². The molecule has 13 nitrogen and oxygen atoms in total. The van der Waals surface area contributed by atoms with Crippen LogP contribution in [0.2, 0.25) is 0 Å². The van der Waals surface area contributed by atoms with Crippen molar-refractivity contribution in [2.24, 2.45) is 0 Å². The Morgan fingerprint density at radius 3 is 1.88 bits per heavy atom. The lowest BCUT2D eigenvalue weighted by atomic mass is 10.3. The van der Waals surface area contributed by atoms with Gasteiger partial charge in [0.15, 0.2) is 5.40 Å². The first-order valence-corrected chi connectivity index (χ1v) is 14.0. The van der Waals surface area contributed by atoms with E-state index in [0.717, 1.165) is 0 Å². The van der Waals surface area contributed by atoms with E-state index in [4.69, 9.17) is 22.8 Å². The summed E-state index contributed by atoms with van der Waals surface area (Å²) in [5, 5.41) is 17.5. The molecule has 0 saturated carbocycles. The third-order valence-electron chi connectivity index (χ3n) is 4.34. The Morgan fingerprint density at radius 1 is 0.941 bits per heavy atom. The van der Waals surface area contributed by atoms with Gasteiger partial charge in [0.25, 0.3) is 5.69 Å². The minimum Gasteiger partial charge on any atom is -0.487 e. The van der Waals surface area contributed by atoms with Crippen molar-refractivity contribution in [3.05, 3.63) is 46.3 Å². The van der Waals surface area contributed by atoms with Gasteiger partial charge in [0.2, 0.25) is 0 Å². The Kier molecular flexibility index (Phi) is 10.8. The number of ether oxygens (including phenoxy) is 1. The van der Waals surface area contributed by atoms with Gasteiger partial charge in [0.05, 0.1) is 44.1 Å². The summed E-state index contributed by atoms with van der Waals surface area (Å²) >= 11 is 0. The number of hydrogen-bond acceptors (Lipinski definition) is 11. The van der Waals surface area contributed by atoms with Crippen LogP contribution in [0.4, 0.5) is 5.69 Å². The van der Waals surface area contributed by atoms with Crippen LogP contribution in [0.25, 0.3) is 0 Å². The summed E-state index contributed by atoms with van der Waals surface area (Å²) in [4.78, 5) is 10.3. The molecule has 190 valence electrons. The molecule has 0 aliphatic heterocycles. The molecule has 0 saturated heterocycles. The fourth-order valence-electron chi connectivity index (χ4n) is 2.99. The first-order valence-electron chi connectivity index (χ1n) is 10.7. The molecular weight excluding hydrogens is 490 g/mol. The molecule has 34 heavy (non-hydrogen) atoms. The summed E-state index contributed by atoms with van der Waals surface area (Å²) < 4.78 is 55.9. The summed E-state index contributed by atoms with van der Waals surface area (Å²) in [5.41, 5.74) is 0.368. The second kappa shape index (κ2) is 13.1. The van der Waals surface area contributed by atoms with E-state index in [-0.39, 0.29) is 45.3 Å². The number of hydrogen-bond donors (Lipinski definition) is 0. The number of rotatable bonds is 16. The number of aromatic nitrogens is 3. The monoisotopic (exact) mass is 520 g/mol. The zero-order chi connectivity index (χ0) is 25.2. The number of non-ortho nitro benzene ring substituents is 1. The van der Waals surface area contributed by atoms with E-state index in [2.05, 4.69) is 10.3 Å². The molecule has 0 aliphatic rings. The number of nitro benzene ring substituents is 1. The van der Waals surface area contributed by atoms with Crippen LogP contribution >= 0.6 is 15.2 Å². The normalized spacial score (nSPS) is 12.3. The van der Waals surface area contributed by atoms with Crippen LogP contribution in [0.1, 0.15) is 33.4 Å². The van der Waals surface area contributed by atoms with Gasteiger partial charge < -0.3 is 22.8 Å². The second-order valence-corrected chi connectivity index (χ2v) is 11.5. The van der Waals surface area contributed by atoms with Crippen LogP contribution in [0.15, 0.2) is 30.5 Å². The van der Waals surface area contributed by atoms with Crippen molar-refractivity contribution in [3.63, 3.8) is 0 Å². The second-order valence-electron chi connectivity index (χ2n) is 6.70. The lowest BCUT2D eigenvalue weighted by Crippen LogP contribution is -2.23. The van der Waals surface area contributed by atoms with Gasteiger partial charge in [0, 0.05) is 12.1 Å². The molecule has 0 spiro atoms. The number of nitrogens with zero attached hydrogens (tertiary/aromatic N) is 4. The molecule has 15 heteroatoms. The first-order chi connectivity index (χ1) is 16.2. The Balaban J connectivity index is 2.23. The van der Waals surface area contributed by atoms with Gasteiger partial charge in [-0.3, -0.25) is 23.9 Å². The maximum absolute atomic E-state index is 13.6. The molecule has 1 aromatic carbocycles. The van der Waals surface area contributed by atoms with Crippen molar-refractivity contribution in [2.45, 2.75) is 46.2 Å². The van der Waals surface area contributed by atoms with E-state index in [9.17, 15) is 19.2 Å². The van der Waals surface area contributed by atoms with E-state index in [1.165, 1.54) is 35.1 Å². The molecule has 0 amide bonds. The Hall–Kier alpha value is -2.14. The summed E-state index contributed by atoms with van der Waals surface area (Å²) in [5.74, 6) is 0.410. The minimum absolute atomic E-state index is 0.0195. The third-order valence-corrected chi connectivity index (χ3v) is 10.3. The molecule has 2 aromatic rings. The first kappa shape index (κ1) is 28.1. The standard InChI is InChI=1S/C19H30N4O9P2/c1-5-29-33(26,30-6-2)19(34(27,31-7-3)32-8-4)14-22-13-16(20-21-22)15-28-18-11-9-17(10-12-18)23(24)25/h9-13,19H,5-8,14-15H2,1-4H3. The van der Waals surface area contributed by atoms with Crippen molar-refractivity contribution in [1.82, 2.24) is 15.0 Å². The molecule has 2 rings (SSSR count). The SMILES string of the molecule is CCOP(=O)(OCC)C(Cn1cc(COc2ccc([N+](=O)[O-])cc2)nn1)P(=O)(OCC)OCC. The van der Waals surface area contributed by atoms with Gasteiger partial charge in [-0.15, -0.1) is 5.10 Å². The summed E-state index contributed by atoms with van der Waals surface area (Å²) in [6.45, 7) is 6.72. The van der Waals surface area contributed by atoms with Crippen molar-refractivity contribution in [2.75, 3.05) is 26.4 Å². The smallest absolute Gasteiger partial charge is 0.347 e. The van der Waals surface area contributed by atoms with E-state index in [1.54, 1.807) is 27.7 Å². The van der Waals surface area contributed by atoms with Gasteiger partial charge in [-0.05, 0) is 39.8 Å². The quantitative estimate of drug-likeness (QED) is 0.173. The van der Waals surface area contributed by atoms with Crippen molar-refractivity contribution < 1.29 is 36.9 Å². The zero-order valence-electron chi connectivity index (χ0n) is 19.6. The molecule has 0 atom stereocenters. The van der Waals surface area contributed by atoms with E-state index < -0.39 is 25.5 Å². The van der Waals surface area contributed by atoms with Crippen LogP contribution in [-0.2, 0) is 40.4 Å². The van der Waals surface area contributed by atoms with Crippen molar-refractivity contribution >= 4 is 20.9 Å². The third kappa shape index (κ3) is 7.43. The van der Waals surface area contributed by atoms with Gasteiger partial charge in [-0.25, -0.2) is 0 Å². The van der Waals surface area contributed by atoms with E-state index >= 15 is 0 Å². The van der Waals surface area contributed by atoms with E-state index in [1.807, 2.05) is 0 Å². The van der Waals surface area contributed by atoms with Gasteiger partial charge in [0.1, 0.15) is 18.1 Å². The summed E-state index contributed by atoms with van der Waals surface area (Å²) in [7, 11) is -7.86. The van der Waals surface area contributed by atoms with Crippen LogP contribution in [0.5, 0.6) is 5.75 Å². The highest BCUT2D eigenvalue weighted by Crippen LogP contribution is 2.70. The average Bonchev–Trinajstić information content (AvgIpc) is 3.24. The lowest BCUT2D eigenvalue weighted by molar-refractivity contribution is -0.384. The maximum Gasteiger partial charge on any atom is 0.347 e. The Bertz CT molecular complexity index is 965. The number of nitro groups is 1. The Morgan fingerprint density at radius 2 is 1.44 bits per heavy atom. The van der Waals surface area contributed by atoms with Crippen LogP contribution in [-0.4, -0.2) is 51.7 Å². The predicted molar refractivity (Wildman–Crippen MR) is 123 cm³/mol.